The van der Waals surface area contributed by atoms with Gasteiger partial charge in [0.05, 0.1) is 5.52 Å². The lowest BCUT2D eigenvalue weighted by atomic mass is 10.2. The van der Waals surface area contributed by atoms with Crippen molar-refractivity contribution in [1.82, 2.24) is 4.98 Å². The van der Waals surface area contributed by atoms with E-state index >= 15 is 0 Å². The zero-order valence-corrected chi connectivity index (χ0v) is 12.1. The largest absolute Gasteiger partial charge is 0.419 e. The topological polar surface area (TPSA) is 77.5 Å². The summed E-state index contributed by atoms with van der Waals surface area (Å²) in [5.41, 5.74) is 1.35. The normalized spacial score (nSPS) is 16.9. The van der Waals surface area contributed by atoms with E-state index in [1.54, 1.807) is 6.20 Å². The van der Waals surface area contributed by atoms with Crippen LogP contribution in [0.3, 0.4) is 0 Å². The molecule has 0 aliphatic carbocycles. The predicted octanol–water partition coefficient (Wildman–Crippen LogP) is 2.37. The molecule has 2 aromatic rings. The molecule has 1 aromatic heterocycles. The Hall–Kier alpha value is -2.89. The Balaban J connectivity index is 1.90. The average molecular weight is 298 g/mol. The third-order valence-corrected chi connectivity index (χ3v) is 3.13. The molecule has 0 spiro atoms. The lowest BCUT2D eigenvalue weighted by Crippen LogP contribution is -2.42. The Morgan fingerprint density at radius 1 is 1.09 bits per heavy atom. The Labute approximate surface area is 126 Å². The van der Waals surface area contributed by atoms with Crippen LogP contribution >= 0.6 is 0 Å². The van der Waals surface area contributed by atoms with Crippen LogP contribution in [0.25, 0.3) is 10.9 Å². The molecule has 3 rings (SSSR count). The van der Waals surface area contributed by atoms with Gasteiger partial charge in [0.2, 0.25) is 0 Å². The second-order valence-electron chi connectivity index (χ2n) is 5.26. The number of aromatic nitrogens is 1. The number of pyridine rings is 1. The second-order valence-corrected chi connectivity index (χ2v) is 5.26. The molecule has 0 atom stereocenters. The van der Waals surface area contributed by atoms with Crippen LogP contribution in [-0.2, 0) is 19.1 Å². The van der Waals surface area contributed by atoms with Gasteiger partial charge in [-0.3, -0.25) is 4.98 Å². The summed E-state index contributed by atoms with van der Waals surface area (Å²) in [5.74, 6) is -2.67. The number of hydrogen-bond acceptors (Lipinski definition) is 6. The van der Waals surface area contributed by atoms with Crippen molar-refractivity contribution in [2.45, 2.75) is 19.6 Å². The average Bonchev–Trinajstić information content (AvgIpc) is 2.45. The number of carbonyl (C=O) groups excluding carboxylic acids is 2. The molecule has 0 saturated carbocycles. The van der Waals surface area contributed by atoms with Crippen molar-refractivity contribution in [3.63, 3.8) is 0 Å². The minimum absolute atomic E-state index is 0.180. The number of cyclic esters (lactones) is 2. The van der Waals surface area contributed by atoms with Gasteiger partial charge in [-0.1, -0.05) is 6.07 Å². The zero-order valence-electron chi connectivity index (χ0n) is 12.1. The van der Waals surface area contributed by atoms with Gasteiger partial charge in [0.25, 0.3) is 5.79 Å². The fourth-order valence-electron chi connectivity index (χ4n) is 2.16. The second kappa shape index (κ2) is 5.14. The number of ether oxygens (including phenoxy) is 2. The summed E-state index contributed by atoms with van der Waals surface area (Å²) >= 11 is 0. The van der Waals surface area contributed by atoms with Gasteiger partial charge in [0.1, 0.15) is 0 Å². The van der Waals surface area contributed by atoms with E-state index in [1.165, 1.54) is 20.0 Å². The highest BCUT2D eigenvalue weighted by Crippen LogP contribution is 2.24. The quantitative estimate of drug-likeness (QED) is 0.521. The van der Waals surface area contributed by atoms with Crippen LogP contribution in [0, 0.1) is 0 Å². The van der Waals surface area contributed by atoms with E-state index in [2.05, 4.69) is 10.3 Å². The molecular formula is C16H14N2O4. The van der Waals surface area contributed by atoms with E-state index in [1.807, 2.05) is 30.3 Å². The number of benzene rings is 1. The first-order valence-corrected chi connectivity index (χ1v) is 6.73. The molecule has 2 heterocycles. The van der Waals surface area contributed by atoms with E-state index in [4.69, 9.17) is 9.47 Å². The molecule has 6 nitrogen and oxygen atoms in total. The number of hydrogen-bond donors (Lipinski definition) is 1. The lowest BCUT2D eigenvalue weighted by Gasteiger charge is -2.29. The molecule has 22 heavy (non-hydrogen) atoms. The van der Waals surface area contributed by atoms with Gasteiger partial charge >= 0.3 is 11.9 Å². The van der Waals surface area contributed by atoms with Gasteiger partial charge in [0.15, 0.2) is 5.57 Å². The van der Waals surface area contributed by atoms with Crippen molar-refractivity contribution < 1.29 is 19.1 Å². The molecule has 0 amide bonds. The lowest BCUT2D eigenvalue weighted by molar-refractivity contribution is -0.222. The van der Waals surface area contributed by atoms with E-state index in [0.717, 1.165) is 16.6 Å². The number of nitrogens with one attached hydrogen (secondary N) is 1. The third kappa shape index (κ3) is 2.63. The molecule has 1 aliphatic heterocycles. The summed E-state index contributed by atoms with van der Waals surface area (Å²) in [5, 5.41) is 3.82. The summed E-state index contributed by atoms with van der Waals surface area (Å²) in [6.07, 6.45) is 2.99. The highest BCUT2D eigenvalue weighted by Gasteiger charge is 2.38. The minimum Gasteiger partial charge on any atom is -0.419 e. The van der Waals surface area contributed by atoms with Gasteiger partial charge in [-0.05, 0) is 24.3 Å². The SMILES string of the molecule is CC1(C)OC(=O)C(=CNc2cccc3ncccc23)C(=O)O1. The number of nitrogens with zero attached hydrogens (tertiary/aromatic N) is 1. The number of carbonyl (C=O) groups is 2. The van der Waals surface area contributed by atoms with E-state index in [9.17, 15) is 9.59 Å². The number of anilines is 1. The molecule has 6 heteroatoms. The summed E-state index contributed by atoms with van der Waals surface area (Å²) in [7, 11) is 0. The molecule has 1 aromatic carbocycles. The van der Waals surface area contributed by atoms with Crippen molar-refractivity contribution in [2.75, 3.05) is 5.32 Å². The molecule has 1 aliphatic rings. The van der Waals surface area contributed by atoms with Crippen LogP contribution < -0.4 is 5.32 Å². The fourth-order valence-corrected chi connectivity index (χ4v) is 2.16. The summed E-state index contributed by atoms with van der Waals surface area (Å²) in [4.78, 5) is 28.0. The molecule has 1 fully saturated rings. The first-order valence-electron chi connectivity index (χ1n) is 6.73. The number of esters is 2. The Morgan fingerprint density at radius 2 is 1.82 bits per heavy atom. The minimum atomic E-state index is -1.24. The summed E-state index contributed by atoms with van der Waals surface area (Å²) in [6.45, 7) is 3.01. The molecule has 0 unspecified atom stereocenters. The van der Waals surface area contributed by atoms with Crippen LogP contribution in [0.2, 0.25) is 0 Å². The van der Waals surface area contributed by atoms with E-state index < -0.39 is 17.7 Å². The van der Waals surface area contributed by atoms with Gasteiger partial charge in [0, 0.05) is 37.3 Å². The standard InChI is InChI=1S/C16H14N2O4/c1-16(2)21-14(19)11(15(20)22-16)9-18-13-7-3-6-12-10(13)5-4-8-17-12/h3-9,18H,1-2H3. The summed E-state index contributed by atoms with van der Waals surface area (Å²) in [6, 6.07) is 9.23. The van der Waals surface area contributed by atoms with Crippen molar-refractivity contribution in [3.8, 4) is 0 Å². The highest BCUT2D eigenvalue weighted by atomic mass is 16.7. The van der Waals surface area contributed by atoms with Crippen LogP contribution in [0.1, 0.15) is 13.8 Å². The van der Waals surface area contributed by atoms with Gasteiger partial charge < -0.3 is 14.8 Å². The Bertz CT molecular complexity index is 768. The maximum atomic E-state index is 11.9. The molecule has 112 valence electrons. The predicted molar refractivity (Wildman–Crippen MR) is 79.7 cm³/mol. The monoisotopic (exact) mass is 298 g/mol. The van der Waals surface area contributed by atoms with Crippen LogP contribution in [-0.4, -0.2) is 22.7 Å². The molecule has 1 N–H and O–H groups in total. The van der Waals surface area contributed by atoms with Crippen LogP contribution in [0.4, 0.5) is 5.69 Å². The summed E-state index contributed by atoms with van der Waals surface area (Å²) < 4.78 is 10.1. The molecule has 0 radical (unpaired) electrons. The smallest absolute Gasteiger partial charge is 0.350 e. The van der Waals surface area contributed by atoms with Gasteiger partial charge in [-0.15, -0.1) is 0 Å². The number of fused-ring (bicyclic) bond motifs is 1. The first-order chi connectivity index (χ1) is 10.5. The molecule has 1 saturated heterocycles. The third-order valence-electron chi connectivity index (χ3n) is 3.13. The highest BCUT2D eigenvalue weighted by molar-refractivity contribution is 6.15. The fraction of sp³-hybridized carbons (Fsp3) is 0.188. The van der Waals surface area contributed by atoms with E-state index in [0.29, 0.717) is 0 Å². The maximum Gasteiger partial charge on any atom is 0.350 e. The van der Waals surface area contributed by atoms with Crippen LogP contribution in [0.15, 0.2) is 48.3 Å². The van der Waals surface area contributed by atoms with Crippen molar-refractivity contribution >= 4 is 28.5 Å². The zero-order chi connectivity index (χ0) is 15.7. The Morgan fingerprint density at radius 3 is 2.55 bits per heavy atom. The number of rotatable bonds is 2. The van der Waals surface area contributed by atoms with Crippen molar-refractivity contribution in [1.29, 1.82) is 0 Å². The van der Waals surface area contributed by atoms with Crippen molar-refractivity contribution in [3.05, 3.63) is 48.3 Å². The van der Waals surface area contributed by atoms with Gasteiger partial charge in [-0.25, -0.2) is 9.59 Å². The molecule has 0 bridgehead atoms. The Kier molecular flexibility index (Phi) is 3.29. The molecular weight excluding hydrogens is 284 g/mol. The maximum absolute atomic E-state index is 11.9. The van der Waals surface area contributed by atoms with Crippen LogP contribution in [0.5, 0.6) is 0 Å². The van der Waals surface area contributed by atoms with Crippen molar-refractivity contribution in [2.24, 2.45) is 0 Å². The van der Waals surface area contributed by atoms with Gasteiger partial charge in [-0.2, -0.15) is 0 Å². The first kappa shape index (κ1) is 14.1. The van der Waals surface area contributed by atoms with E-state index in [-0.39, 0.29) is 5.57 Å².